The Hall–Kier alpha value is -2.27. The molecule has 4 rings (SSSR count). The molecule has 2 amide bonds. The molecule has 1 saturated heterocycles. The fourth-order valence-electron chi connectivity index (χ4n) is 3.56. The van der Waals surface area contributed by atoms with Gasteiger partial charge in [-0.05, 0) is 18.7 Å². The number of nitrogens with one attached hydrogen (secondary N) is 1. The van der Waals surface area contributed by atoms with Crippen LogP contribution in [0.25, 0.3) is 0 Å². The van der Waals surface area contributed by atoms with Crippen molar-refractivity contribution in [3.05, 3.63) is 63.1 Å². The van der Waals surface area contributed by atoms with Crippen LogP contribution in [0.15, 0.2) is 29.2 Å². The quantitative estimate of drug-likeness (QED) is 0.539. The molecule has 0 aliphatic carbocycles. The number of rotatable bonds is 3. The van der Waals surface area contributed by atoms with Gasteiger partial charge in [0.25, 0.3) is 11.8 Å². The van der Waals surface area contributed by atoms with Gasteiger partial charge in [-0.2, -0.15) is 0 Å². The fraction of sp³-hybridized carbons (Fsp3) is 0.316. The molecule has 1 aromatic carbocycles. The molecule has 0 spiro atoms. The normalized spacial score (nSPS) is 19.7. The van der Waals surface area contributed by atoms with Crippen molar-refractivity contribution in [3.63, 3.8) is 0 Å². The van der Waals surface area contributed by atoms with Crippen molar-refractivity contribution < 1.29 is 57.8 Å². The van der Waals surface area contributed by atoms with Gasteiger partial charge in [-0.15, -0.1) is 0 Å². The SMILES string of the molecule is CC1CO[C@@H]2Cn3cc(C(=O)NCc4ccc(F)cc4F)c(=O)c([O-])c3C(=O)N12.[Na+]. The Morgan fingerprint density at radius 2 is 2.07 bits per heavy atom. The molecule has 0 radical (unpaired) electrons. The number of hydrogen-bond donors (Lipinski definition) is 1. The summed E-state index contributed by atoms with van der Waals surface area (Å²) in [6.07, 6.45) is 0.549. The standard InChI is InChI=1S/C19H17F2N3O5.Na/c1-9-8-29-14-7-23-6-12(16(25)17(26)15(23)19(28)24(9)14)18(27)22-5-10-2-3-11(20)4-13(10)21;/h2-4,6,9,14,26H,5,7-8H2,1H3,(H,22,27);/q;+1/p-1/t9?,14-;/m1./s1. The molecule has 2 aromatic rings. The zero-order chi connectivity index (χ0) is 20.9. The van der Waals surface area contributed by atoms with Crippen molar-refractivity contribution in [1.82, 2.24) is 14.8 Å². The first kappa shape index (κ1) is 22.4. The van der Waals surface area contributed by atoms with Crippen molar-refractivity contribution in [1.29, 1.82) is 0 Å². The number of pyridine rings is 1. The summed E-state index contributed by atoms with van der Waals surface area (Å²) in [6, 6.07) is 2.64. The Morgan fingerprint density at radius 3 is 2.77 bits per heavy atom. The average molecular weight is 427 g/mol. The topological polar surface area (TPSA) is 104 Å². The summed E-state index contributed by atoms with van der Waals surface area (Å²) in [5.41, 5.74) is -1.88. The number of aromatic nitrogens is 1. The van der Waals surface area contributed by atoms with E-state index in [1.54, 1.807) is 6.92 Å². The summed E-state index contributed by atoms with van der Waals surface area (Å²) in [7, 11) is 0. The van der Waals surface area contributed by atoms with Crippen LogP contribution in [-0.2, 0) is 17.8 Å². The molecular formula is C19H16F2N3NaO5. The van der Waals surface area contributed by atoms with Gasteiger partial charge >= 0.3 is 29.6 Å². The minimum atomic E-state index is -1.12. The van der Waals surface area contributed by atoms with E-state index in [1.165, 1.54) is 9.47 Å². The fourth-order valence-corrected chi connectivity index (χ4v) is 3.56. The molecule has 152 valence electrons. The van der Waals surface area contributed by atoms with Gasteiger partial charge in [0.2, 0.25) is 0 Å². The second kappa shape index (κ2) is 8.46. The van der Waals surface area contributed by atoms with Crippen LogP contribution in [0.5, 0.6) is 5.75 Å². The van der Waals surface area contributed by atoms with E-state index in [4.69, 9.17) is 4.74 Å². The summed E-state index contributed by atoms with van der Waals surface area (Å²) in [4.78, 5) is 38.9. The molecule has 1 fully saturated rings. The Kier molecular flexibility index (Phi) is 6.32. The maximum atomic E-state index is 13.7. The minimum absolute atomic E-state index is 0. The zero-order valence-corrected chi connectivity index (χ0v) is 18.3. The maximum Gasteiger partial charge on any atom is 1.00 e. The Balaban J connectivity index is 0.00000256. The maximum absolute atomic E-state index is 13.7. The average Bonchev–Trinajstić information content (AvgIpc) is 3.04. The van der Waals surface area contributed by atoms with E-state index in [0.29, 0.717) is 12.7 Å². The van der Waals surface area contributed by atoms with Gasteiger partial charge in [-0.1, -0.05) is 6.07 Å². The van der Waals surface area contributed by atoms with Crippen LogP contribution in [0.2, 0.25) is 0 Å². The molecule has 2 aliphatic heterocycles. The predicted molar refractivity (Wildman–Crippen MR) is 93.0 cm³/mol. The number of carbonyl (C=O) groups is 2. The smallest absolute Gasteiger partial charge is 0.868 e. The van der Waals surface area contributed by atoms with Gasteiger partial charge in [0.05, 0.1) is 19.2 Å². The first-order chi connectivity index (χ1) is 13.8. The largest absolute Gasteiger partial charge is 1.00 e. The molecular weight excluding hydrogens is 411 g/mol. The van der Waals surface area contributed by atoms with E-state index < -0.39 is 46.4 Å². The van der Waals surface area contributed by atoms with E-state index in [0.717, 1.165) is 18.3 Å². The molecule has 0 bridgehead atoms. The first-order valence-corrected chi connectivity index (χ1v) is 8.88. The van der Waals surface area contributed by atoms with Gasteiger partial charge in [0.15, 0.2) is 11.7 Å². The summed E-state index contributed by atoms with van der Waals surface area (Å²) in [5, 5.41) is 14.8. The van der Waals surface area contributed by atoms with Gasteiger partial charge in [-0.3, -0.25) is 14.4 Å². The monoisotopic (exact) mass is 427 g/mol. The van der Waals surface area contributed by atoms with Gasteiger partial charge in [0, 0.05) is 24.4 Å². The van der Waals surface area contributed by atoms with Gasteiger partial charge in [-0.25, -0.2) is 8.78 Å². The number of hydrogen-bond acceptors (Lipinski definition) is 5. The molecule has 1 N–H and O–H groups in total. The second-order valence-electron chi connectivity index (χ2n) is 6.97. The zero-order valence-electron chi connectivity index (χ0n) is 16.3. The first-order valence-electron chi connectivity index (χ1n) is 8.88. The van der Waals surface area contributed by atoms with Crippen molar-refractivity contribution in [2.24, 2.45) is 0 Å². The molecule has 11 heteroatoms. The van der Waals surface area contributed by atoms with Crippen LogP contribution < -0.4 is 45.4 Å². The summed E-state index contributed by atoms with van der Waals surface area (Å²) in [5.74, 6) is -4.21. The Morgan fingerprint density at radius 1 is 1.33 bits per heavy atom. The van der Waals surface area contributed by atoms with Crippen molar-refractivity contribution in [3.8, 4) is 5.75 Å². The molecule has 1 aromatic heterocycles. The van der Waals surface area contributed by atoms with E-state index in [1.807, 2.05) is 0 Å². The Bertz CT molecular complexity index is 1090. The summed E-state index contributed by atoms with van der Waals surface area (Å²) >= 11 is 0. The molecule has 3 heterocycles. The van der Waals surface area contributed by atoms with E-state index in [2.05, 4.69) is 5.32 Å². The summed E-state index contributed by atoms with van der Waals surface area (Å²) in [6.45, 7) is 1.87. The van der Waals surface area contributed by atoms with Crippen LogP contribution in [0.4, 0.5) is 8.78 Å². The van der Waals surface area contributed by atoms with Crippen molar-refractivity contribution >= 4 is 11.8 Å². The number of amides is 2. The Labute approximate surface area is 191 Å². The third-order valence-corrected chi connectivity index (χ3v) is 5.04. The van der Waals surface area contributed by atoms with E-state index >= 15 is 0 Å². The van der Waals surface area contributed by atoms with Crippen LogP contribution in [-0.4, -0.2) is 40.2 Å². The summed E-state index contributed by atoms with van der Waals surface area (Å²) < 4.78 is 33.5. The molecule has 8 nitrogen and oxygen atoms in total. The van der Waals surface area contributed by atoms with Crippen LogP contribution in [0.3, 0.4) is 0 Å². The van der Waals surface area contributed by atoms with Crippen LogP contribution >= 0.6 is 0 Å². The van der Waals surface area contributed by atoms with Crippen molar-refractivity contribution in [2.45, 2.75) is 32.3 Å². The number of halogens is 2. The molecule has 0 saturated carbocycles. The predicted octanol–water partition coefficient (Wildman–Crippen LogP) is -2.67. The van der Waals surface area contributed by atoms with Gasteiger partial charge < -0.3 is 24.6 Å². The number of ether oxygens (including phenoxy) is 1. The number of fused-ring (bicyclic) bond motifs is 2. The van der Waals surface area contributed by atoms with Gasteiger partial charge in [0.1, 0.15) is 22.9 Å². The van der Waals surface area contributed by atoms with Crippen molar-refractivity contribution in [2.75, 3.05) is 6.61 Å². The number of carbonyl (C=O) groups excluding carboxylic acids is 2. The third kappa shape index (κ3) is 3.76. The molecule has 30 heavy (non-hydrogen) atoms. The third-order valence-electron chi connectivity index (χ3n) is 5.04. The number of benzene rings is 1. The van der Waals surface area contributed by atoms with Crippen LogP contribution in [0, 0.1) is 11.6 Å². The molecule has 2 aliphatic rings. The van der Waals surface area contributed by atoms with E-state index in [-0.39, 0.29) is 59.9 Å². The number of nitrogens with zero attached hydrogens (tertiary/aromatic N) is 2. The van der Waals surface area contributed by atoms with E-state index in [9.17, 15) is 28.3 Å². The second-order valence-corrected chi connectivity index (χ2v) is 6.97. The minimum Gasteiger partial charge on any atom is -0.868 e. The molecule has 2 atom stereocenters. The molecule has 1 unspecified atom stereocenters. The van der Waals surface area contributed by atoms with Crippen LogP contribution in [0.1, 0.15) is 33.3 Å².